The fourth-order valence-electron chi connectivity index (χ4n) is 16.9. The molecular weight excluding hydrogens is 1130 g/mol. The smallest absolute Gasteiger partial charge is 0.153 e. The first-order valence-electron chi connectivity index (χ1n) is 36.4. The van der Waals surface area contributed by atoms with Crippen molar-refractivity contribution in [3.63, 3.8) is 0 Å². The van der Waals surface area contributed by atoms with Gasteiger partial charge in [-0.25, -0.2) is 0 Å². The van der Waals surface area contributed by atoms with Gasteiger partial charge in [0.25, 0.3) is 0 Å². The predicted octanol–water partition coefficient (Wildman–Crippen LogP) is 21.8. The highest BCUT2D eigenvalue weighted by molar-refractivity contribution is 7.96. The van der Waals surface area contributed by atoms with Gasteiger partial charge in [-0.3, -0.25) is 0 Å². The summed E-state index contributed by atoms with van der Waals surface area (Å²) in [5, 5.41) is 13.3. The molecule has 1 N–H and O–H groups in total. The van der Waals surface area contributed by atoms with Crippen LogP contribution in [0.15, 0.2) is 127 Å². The van der Waals surface area contributed by atoms with E-state index in [1.54, 1.807) is 47.5 Å². The lowest BCUT2D eigenvalue weighted by Crippen LogP contribution is -2.49. The first-order valence-corrected chi connectivity index (χ1v) is 50.1. The minimum Gasteiger partial charge on any atom is -0.154 e. The Balaban J connectivity index is 1.70. The molecule has 0 aliphatic heterocycles. The molecule has 5 aromatic carbocycles. The maximum absolute atomic E-state index is 5.17. The number of rotatable bonds is 42. The highest BCUT2D eigenvalue weighted by atomic mass is 31.2. The molecule has 0 bridgehead atoms. The van der Waals surface area contributed by atoms with Crippen molar-refractivity contribution in [2.45, 2.75) is 308 Å². The van der Waals surface area contributed by atoms with E-state index < -0.39 is 47.8 Å². The molecule has 1 nitrogen and oxygen atoms in total. The van der Waals surface area contributed by atoms with Crippen molar-refractivity contribution in [2.75, 3.05) is 0 Å². The molecule has 1 fully saturated rings. The van der Waals surface area contributed by atoms with Crippen molar-refractivity contribution in [1.29, 1.82) is 0 Å². The minimum absolute atomic E-state index is 0.537. The summed E-state index contributed by atoms with van der Waals surface area (Å²) in [7, 11) is -10.2. The molecule has 6 rings (SSSR count). The van der Waals surface area contributed by atoms with Gasteiger partial charge in [0.15, 0.2) is 7.41 Å². The van der Waals surface area contributed by atoms with Crippen LogP contribution in [0.2, 0.25) is 72.5 Å². The lowest BCUT2D eigenvalue weighted by Gasteiger charge is -2.41. The van der Waals surface area contributed by atoms with E-state index in [9.17, 15) is 0 Å². The van der Waals surface area contributed by atoms with E-state index in [-0.39, 0.29) is 0 Å². The predicted molar refractivity (Wildman–Crippen MR) is 403 cm³/mol. The van der Waals surface area contributed by atoms with Crippen LogP contribution >= 0.6 is 15.5 Å². The third-order valence-corrected chi connectivity index (χ3v) is 51.8. The summed E-state index contributed by atoms with van der Waals surface area (Å²) in [5.74, 6) is 0.619. The summed E-state index contributed by atoms with van der Waals surface area (Å²) in [6.07, 6.45) is 28.8. The van der Waals surface area contributed by atoms with Gasteiger partial charge in [0.05, 0.1) is 46.0 Å². The molecule has 1 aliphatic rings. The molecule has 470 valence electrons. The molecule has 5 aromatic rings. The highest BCUT2D eigenvalue weighted by Crippen LogP contribution is 2.66. The van der Waals surface area contributed by atoms with E-state index in [4.69, 9.17) is 4.86 Å². The Hall–Kier alpha value is -2.21. The van der Waals surface area contributed by atoms with Crippen LogP contribution in [0.1, 0.15) is 236 Å². The molecule has 85 heavy (non-hydrogen) atoms. The van der Waals surface area contributed by atoms with Crippen molar-refractivity contribution in [1.82, 2.24) is 4.86 Å². The van der Waals surface area contributed by atoms with E-state index in [0.29, 0.717) is 11.6 Å². The van der Waals surface area contributed by atoms with E-state index in [1.807, 2.05) is 0 Å². The van der Waals surface area contributed by atoms with Crippen LogP contribution < -0.4 is 46.8 Å². The fourth-order valence-corrected chi connectivity index (χ4v) is 47.2. The number of hydrogen-bond acceptors (Lipinski definition) is 1. The fraction of sp³-hybridized carbons (Fsp3) is 0.615. The van der Waals surface area contributed by atoms with Crippen molar-refractivity contribution >= 4 is 89.7 Å². The Morgan fingerprint density at radius 2 is 0.588 bits per heavy atom. The van der Waals surface area contributed by atoms with Crippen LogP contribution in [-0.2, 0) is 0 Å². The van der Waals surface area contributed by atoms with Crippen LogP contribution in [0.25, 0.3) is 0 Å². The maximum atomic E-state index is 5.17. The number of nitrogens with one attached hydrogen (secondary N) is 1. The number of benzene rings is 5. The van der Waals surface area contributed by atoms with Crippen LogP contribution in [0, 0.1) is 0 Å². The molecule has 0 unspecified atom stereocenters. The molecule has 0 saturated heterocycles. The molecule has 0 amide bonds. The van der Waals surface area contributed by atoms with Gasteiger partial charge in [0.2, 0.25) is 0 Å². The number of unbranched alkanes of at least 4 members (excludes halogenated alkanes) is 6. The summed E-state index contributed by atoms with van der Waals surface area (Å²) in [5.41, 5.74) is 2.09. The first-order chi connectivity index (χ1) is 41.5. The SMILES string of the molecule is CCCC[Si](CCCC)(CCCC)c1ccc(P(N[P+](c2ccc([Si](CCC)(CCC)CCC)cc2)(c2ccc([Si](CCC)(CCC)CCC)cc2)C2CCC(c3ccccc3)CC2)c2ccc([Si](CCCC)(CCCC)CCCC)cc2)cc1. The van der Waals surface area contributed by atoms with Crippen molar-refractivity contribution in [3.8, 4) is 0 Å². The lowest BCUT2D eigenvalue weighted by molar-refractivity contribution is 0.448. The summed E-state index contributed by atoms with van der Waals surface area (Å²) in [6, 6.07) is 72.6. The summed E-state index contributed by atoms with van der Waals surface area (Å²) < 4.78 is 0. The molecular formula is C78H128NP2Si4+. The topological polar surface area (TPSA) is 12.0 Å². The standard InChI is InChI=1S/C78H128NP2Si4/c1-13-25-62-84(63-26-14-2,64-27-15-3)75-48-38-70(39-49-75)80(71-40-50-76(51-41-71)85(65-28-16-4,66-29-17-5)67-30-18-6)79-81(72-42-36-69(37-43-72)68-34-32-31-33-35-68,73-44-52-77(53-45-73)82(56-19-7,57-20-8)58-21-9)74-46-54-78(55-47-74)83(59-22-10,60-23-11)61-24-12/h31-35,38-41,44-55,69,72,79H,13-30,36-37,42-43,56-67H2,1-12H3/q+1. The largest absolute Gasteiger partial charge is 0.154 e. The molecule has 1 aliphatic carbocycles. The van der Waals surface area contributed by atoms with Gasteiger partial charge in [-0.1, -0.05) is 395 Å². The third-order valence-electron chi connectivity index (χ3n) is 21.4. The summed E-state index contributed by atoms with van der Waals surface area (Å²) in [6.45, 7) is 29.4. The zero-order valence-electron chi connectivity index (χ0n) is 57.2. The lowest BCUT2D eigenvalue weighted by atomic mass is 9.84. The van der Waals surface area contributed by atoms with Gasteiger partial charge >= 0.3 is 0 Å². The van der Waals surface area contributed by atoms with E-state index in [2.05, 4.69) is 210 Å². The van der Waals surface area contributed by atoms with Crippen molar-refractivity contribution in [2.24, 2.45) is 0 Å². The van der Waals surface area contributed by atoms with Crippen molar-refractivity contribution in [3.05, 3.63) is 133 Å². The highest BCUT2D eigenvalue weighted by Gasteiger charge is 2.54. The van der Waals surface area contributed by atoms with Crippen LogP contribution in [-0.4, -0.2) is 38.0 Å². The molecule has 7 heteroatoms. The summed E-state index contributed by atoms with van der Waals surface area (Å²) in [4.78, 5) is 5.17. The molecule has 0 radical (unpaired) electrons. The summed E-state index contributed by atoms with van der Waals surface area (Å²) >= 11 is 0. The average molecular weight is 1250 g/mol. The third kappa shape index (κ3) is 18.3. The van der Waals surface area contributed by atoms with Gasteiger partial charge in [-0.2, -0.15) is 4.86 Å². The molecule has 1 saturated carbocycles. The average Bonchev–Trinajstić information content (AvgIpc) is 2.15. The van der Waals surface area contributed by atoms with E-state index in [0.717, 1.165) is 0 Å². The van der Waals surface area contributed by atoms with E-state index in [1.165, 1.54) is 214 Å². The Morgan fingerprint density at radius 3 is 0.859 bits per heavy atom. The second kappa shape index (κ2) is 37.2. The van der Waals surface area contributed by atoms with Crippen LogP contribution in [0.5, 0.6) is 0 Å². The van der Waals surface area contributed by atoms with Gasteiger partial charge in [0, 0.05) is 0 Å². The van der Waals surface area contributed by atoms with Gasteiger partial charge < -0.3 is 0 Å². The maximum Gasteiger partial charge on any atom is 0.153 e. The Kier molecular flexibility index (Phi) is 31.4. The second-order valence-electron chi connectivity index (χ2n) is 27.5. The normalized spacial score (nSPS) is 15.5. The number of hydrogen-bond donors (Lipinski definition) is 1. The van der Waals surface area contributed by atoms with Crippen molar-refractivity contribution < 1.29 is 0 Å². The van der Waals surface area contributed by atoms with Gasteiger partial charge in [0.1, 0.15) is 10.6 Å². The zero-order chi connectivity index (χ0) is 61.0. The van der Waals surface area contributed by atoms with Gasteiger partial charge in [-0.15, -0.1) is 0 Å². The molecule has 0 spiro atoms. The molecule has 0 heterocycles. The zero-order valence-corrected chi connectivity index (χ0v) is 63.0. The van der Waals surface area contributed by atoms with Crippen LogP contribution in [0.3, 0.4) is 0 Å². The first kappa shape index (κ1) is 71.9. The quantitative estimate of drug-likeness (QED) is 0.0303. The van der Waals surface area contributed by atoms with Gasteiger partial charge in [-0.05, 0) is 72.0 Å². The second-order valence-corrected chi connectivity index (χ2v) is 51.8. The van der Waals surface area contributed by atoms with E-state index >= 15 is 0 Å². The Morgan fingerprint density at radius 1 is 0.318 bits per heavy atom. The minimum atomic E-state index is -2.37. The van der Waals surface area contributed by atoms with Crippen LogP contribution in [0.4, 0.5) is 0 Å². The Labute approximate surface area is 532 Å². The molecule has 0 aromatic heterocycles. The molecule has 0 atom stereocenters. The Bertz CT molecular complexity index is 2330. The monoisotopic (exact) mass is 1250 g/mol.